The lowest BCUT2D eigenvalue weighted by Crippen LogP contribution is -2.39. The van der Waals surface area contributed by atoms with Crippen LogP contribution in [0.5, 0.6) is 0 Å². The van der Waals surface area contributed by atoms with Crippen LogP contribution in [0.2, 0.25) is 0 Å². The van der Waals surface area contributed by atoms with Gasteiger partial charge in [0.2, 0.25) is 5.91 Å². The van der Waals surface area contributed by atoms with Gasteiger partial charge in [0.25, 0.3) is 0 Å². The van der Waals surface area contributed by atoms with Gasteiger partial charge in [-0.2, -0.15) is 0 Å². The van der Waals surface area contributed by atoms with E-state index in [2.05, 4.69) is 12.2 Å². The van der Waals surface area contributed by atoms with Gasteiger partial charge in [0.15, 0.2) is 0 Å². The number of rotatable bonds is 7. The minimum absolute atomic E-state index is 0.0324. The van der Waals surface area contributed by atoms with Crippen molar-refractivity contribution in [2.45, 2.75) is 51.7 Å². The summed E-state index contributed by atoms with van der Waals surface area (Å²) in [5, 5.41) is 3.34. The molecule has 0 spiro atoms. The van der Waals surface area contributed by atoms with Crippen LogP contribution >= 0.6 is 0 Å². The van der Waals surface area contributed by atoms with Crippen molar-refractivity contribution in [1.29, 1.82) is 0 Å². The van der Waals surface area contributed by atoms with Crippen molar-refractivity contribution in [2.24, 2.45) is 5.92 Å². The molecule has 1 N–H and O–H groups in total. The second-order valence-electron chi connectivity index (χ2n) is 5.24. The van der Waals surface area contributed by atoms with Crippen molar-refractivity contribution >= 4 is 5.91 Å². The number of hydrogen-bond donors (Lipinski definition) is 1. The standard InChI is InChI=1S/C13H24N2O2/c1-3-4-12-14-10(2)13(16)15(12)7-8-17-9-11-5-6-11/h10-12,14H,3-9H2,1-2H3. The van der Waals surface area contributed by atoms with E-state index in [1.54, 1.807) is 0 Å². The first-order chi connectivity index (χ1) is 8.22. The Morgan fingerprint density at radius 3 is 2.88 bits per heavy atom. The minimum atomic E-state index is -0.0324. The van der Waals surface area contributed by atoms with E-state index < -0.39 is 0 Å². The molecule has 1 aliphatic carbocycles. The van der Waals surface area contributed by atoms with Crippen LogP contribution in [-0.2, 0) is 9.53 Å². The molecule has 17 heavy (non-hydrogen) atoms. The van der Waals surface area contributed by atoms with Gasteiger partial charge in [0, 0.05) is 13.2 Å². The Kier molecular flexibility index (Phi) is 4.40. The summed E-state index contributed by atoms with van der Waals surface area (Å²) in [5.74, 6) is 1.02. The highest BCUT2D eigenvalue weighted by molar-refractivity contribution is 5.83. The number of ether oxygens (including phenoxy) is 1. The number of nitrogens with one attached hydrogen (secondary N) is 1. The van der Waals surface area contributed by atoms with Crippen molar-refractivity contribution in [2.75, 3.05) is 19.8 Å². The fourth-order valence-electron chi connectivity index (χ4n) is 2.33. The van der Waals surface area contributed by atoms with E-state index >= 15 is 0 Å². The van der Waals surface area contributed by atoms with Gasteiger partial charge in [-0.15, -0.1) is 0 Å². The van der Waals surface area contributed by atoms with Crippen molar-refractivity contribution in [1.82, 2.24) is 10.2 Å². The Balaban J connectivity index is 1.72. The van der Waals surface area contributed by atoms with Gasteiger partial charge in [-0.1, -0.05) is 13.3 Å². The van der Waals surface area contributed by atoms with Crippen molar-refractivity contribution in [3.8, 4) is 0 Å². The first kappa shape index (κ1) is 12.8. The third-order valence-corrected chi connectivity index (χ3v) is 3.56. The molecule has 1 amide bonds. The van der Waals surface area contributed by atoms with Gasteiger partial charge in [-0.3, -0.25) is 10.1 Å². The second kappa shape index (κ2) is 5.83. The Bertz CT molecular complexity index is 266. The molecule has 98 valence electrons. The second-order valence-corrected chi connectivity index (χ2v) is 5.24. The maximum absolute atomic E-state index is 11.9. The molecule has 4 nitrogen and oxygen atoms in total. The molecule has 1 heterocycles. The summed E-state index contributed by atoms with van der Waals surface area (Å²) >= 11 is 0. The average molecular weight is 240 g/mol. The Morgan fingerprint density at radius 1 is 1.47 bits per heavy atom. The highest BCUT2D eigenvalue weighted by Gasteiger charge is 2.35. The topological polar surface area (TPSA) is 41.6 Å². The van der Waals surface area contributed by atoms with Gasteiger partial charge in [0.1, 0.15) is 0 Å². The number of nitrogens with zero attached hydrogens (tertiary/aromatic N) is 1. The Labute approximate surface area is 104 Å². The molecule has 1 aliphatic heterocycles. The normalized spacial score (nSPS) is 29.1. The van der Waals surface area contributed by atoms with Gasteiger partial charge >= 0.3 is 0 Å². The maximum Gasteiger partial charge on any atom is 0.240 e. The molecule has 2 rings (SSSR count). The molecule has 0 radical (unpaired) electrons. The molecule has 2 aliphatic rings. The smallest absolute Gasteiger partial charge is 0.240 e. The molecule has 1 saturated heterocycles. The number of hydrogen-bond acceptors (Lipinski definition) is 3. The third kappa shape index (κ3) is 3.42. The quantitative estimate of drug-likeness (QED) is 0.683. The predicted octanol–water partition coefficient (Wildman–Crippen LogP) is 1.36. The molecule has 0 aromatic carbocycles. The summed E-state index contributed by atoms with van der Waals surface area (Å²) in [5.41, 5.74) is 0. The molecule has 2 fully saturated rings. The van der Waals surface area contributed by atoms with E-state index in [4.69, 9.17) is 4.74 Å². The first-order valence-electron chi connectivity index (χ1n) is 6.86. The predicted molar refractivity (Wildman–Crippen MR) is 66.5 cm³/mol. The summed E-state index contributed by atoms with van der Waals surface area (Å²) in [6, 6.07) is -0.0324. The molecular weight excluding hydrogens is 216 g/mol. The molecular formula is C13H24N2O2. The summed E-state index contributed by atoms with van der Waals surface area (Å²) in [6.07, 6.45) is 4.97. The molecule has 0 aromatic rings. The van der Waals surface area contributed by atoms with Crippen LogP contribution in [-0.4, -0.2) is 42.8 Å². The zero-order valence-corrected chi connectivity index (χ0v) is 10.9. The first-order valence-corrected chi connectivity index (χ1v) is 6.86. The van der Waals surface area contributed by atoms with E-state index in [0.29, 0.717) is 6.61 Å². The van der Waals surface area contributed by atoms with E-state index in [1.807, 2.05) is 11.8 Å². The van der Waals surface area contributed by atoms with Gasteiger partial charge in [0.05, 0.1) is 18.8 Å². The van der Waals surface area contributed by atoms with Crippen LogP contribution in [0.25, 0.3) is 0 Å². The number of carbonyl (C=O) groups is 1. The van der Waals surface area contributed by atoms with Gasteiger partial charge in [-0.25, -0.2) is 0 Å². The largest absolute Gasteiger partial charge is 0.379 e. The molecule has 2 atom stereocenters. The summed E-state index contributed by atoms with van der Waals surface area (Å²) in [6.45, 7) is 6.38. The zero-order chi connectivity index (χ0) is 12.3. The molecule has 1 saturated carbocycles. The fourth-order valence-corrected chi connectivity index (χ4v) is 2.33. The van der Waals surface area contributed by atoms with Crippen LogP contribution in [0.1, 0.15) is 39.5 Å². The lowest BCUT2D eigenvalue weighted by Gasteiger charge is -2.23. The minimum Gasteiger partial charge on any atom is -0.379 e. The molecule has 2 unspecified atom stereocenters. The SMILES string of the molecule is CCCC1NC(C)C(=O)N1CCOCC1CC1. The van der Waals surface area contributed by atoms with Crippen LogP contribution in [0.3, 0.4) is 0 Å². The highest BCUT2D eigenvalue weighted by Crippen LogP contribution is 2.28. The molecule has 0 aromatic heterocycles. The molecule has 4 heteroatoms. The van der Waals surface area contributed by atoms with Gasteiger partial charge < -0.3 is 9.64 Å². The van der Waals surface area contributed by atoms with E-state index in [-0.39, 0.29) is 18.1 Å². The number of carbonyl (C=O) groups excluding carboxylic acids is 1. The van der Waals surface area contributed by atoms with Crippen LogP contribution < -0.4 is 5.32 Å². The van der Waals surface area contributed by atoms with Gasteiger partial charge in [-0.05, 0) is 32.1 Å². The number of amides is 1. The summed E-state index contributed by atoms with van der Waals surface area (Å²) in [4.78, 5) is 13.9. The van der Waals surface area contributed by atoms with Crippen LogP contribution in [0.15, 0.2) is 0 Å². The monoisotopic (exact) mass is 240 g/mol. The third-order valence-electron chi connectivity index (χ3n) is 3.56. The molecule has 0 bridgehead atoms. The Hall–Kier alpha value is -0.610. The average Bonchev–Trinajstić information content (AvgIpc) is 3.08. The van der Waals surface area contributed by atoms with E-state index in [0.717, 1.165) is 31.9 Å². The highest BCUT2D eigenvalue weighted by atomic mass is 16.5. The summed E-state index contributed by atoms with van der Waals surface area (Å²) < 4.78 is 5.61. The van der Waals surface area contributed by atoms with E-state index in [1.165, 1.54) is 12.8 Å². The van der Waals surface area contributed by atoms with Crippen LogP contribution in [0.4, 0.5) is 0 Å². The Morgan fingerprint density at radius 2 is 2.24 bits per heavy atom. The maximum atomic E-state index is 11.9. The van der Waals surface area contributed by atoms with Crippen molar-refractivity contribution in [3.05, 3.63) is 0 Å². The van der Waals surface area contributed by atoms with Crippen molar-refractivity contribution < 1.29 is 9.53 Å². The lowest BCUT2D eigenvalue weighted by molar-refractivity contribution is -0.130. The fraction of sp³-hybridized carbons (Fsp3) is 0.923. The zero-order valence-electron chi connectivity index (χ0n) is 10.9. The lowest BCUT2D eigenvalue weighted by atomic mass is 10.2. The van der Waals surface area contributed by atoms with Crippen molar-refractivity contribution in [3.63, 3.8) is 0 Å². The van der Waals surface area contributed by atoms with Crippen LogP contribution in [0, 0.1) is 5.92 Å². The summed E-state index contributed by atoms with van der Waals surface area (Å²) in [7, 11) is 0. The van der Waals surface area contributed by atoms with E-state index in [9.17, 15) is 4.79 Å².